The number of methoxy groups -OCH3 is 2. The van der Waals surface area contributed by atoms with E-state index < -0.39 is 0 Å². The van der Waals surface area contributed by atoms with Crippen LogP contribution in [0.2, 0.25) is 5.02 Å². The molecule has 1 aliphatic heterocycles. The van der Waals surface area contributed by atoms with E-state index in [1.165, 1.54) is 0 Å². The Morgan fingerprint density at radius 1 is 1.04 bits per heavy atom. The van der Waals surface area contributed by atoms with E-state index in [1.807, 2.05) is 35.3 Å². The molecule has 28 heavy (non-hydrogen) atoms. The fourth-order valence-corrected chi connectivity index (χ4v) is 3.09. The number of halogens is 1. The van der Waals surface area contributed by atoms with Crippen molar-refractivity contribution in [3.63, 3.8) is 0 Å². The summed E-state index contributed by atoms with van der Waals surface area (Å²) in [6, 6.07) is 12.9. The molecule has 1 saturated heterocycles. The van der Waals surface area contributed by atoms with Crippen LogP contribution >= 0.6 is 11.6 Å². The third kappa shape index (κ3) is 5.04. The minimum Gasteiger partial charge on any atom is -0.493 e. The van der Waals surface area contributed by atoms with Crippen LogP contribution in [-0.2, 0) is 9.53 Å². The van der Waals surface area contributed by atoms with Gasteiger partial charge < -0.3 is 14.2 Å². The predicted octanol–water partition coefficient (Wildman–Crippen LogP) is 3.15. The molecule has 7 heteroatoms. The minimum atomic E-state index is -0.207. The Labute approximate surface area is 169 Å². The van der Waals surface area contributed by atoms with Crippen molar-refractivity contribution in [3.05, 3.63) is 64.7 Å². The van der Waals surface area contributed by atoms with Crippen molar-refractivity contribution in [2.24, 2.45) is 0 Å². The van der Waals surface area contributed by atoms with Crippen LogP contribution in [0.5, 0.6) is 11.5 Å². The van der Waals surface area contributed by atoms with Gasteiger partial charge in [0.2, 0.25) is 0 Å². The molecular weight excluding hydrogens is 380 g/mol. The van der Waals surface area contributed by atoms with E-state index in [4.69, 9.17) is 25.8 Å². The number of hydrazine groups is 1. The first-order valence-electron chi connectivity index (χ1n) is 8.94. The van der Waals surface area contributed by atoms with Gasteiger partial charge in [-0.05, 0) is 41.0 Å². The van der Waals surface area contributed by atoms with Gasteiger partial charge in [0.15, 0.2) is 11.5 Å². The molecule has 0 spiro atoms. The molecule has 1 aliphatic rings. The average Bonchev–Trinajstić information content (AvgIpc) is 2.73. The van der Waals surface area contributed by atoms with Gasteiger partial charge in [0.05, 0.1) is 27.4 Å². The van der Waals surface area contributed by atoms with Gasteiger partial charge in [-0.15, -0.1) is 0 Å². The minimum absolute atomic E-state index is 0.207. The summed E-state index contributed by atoms with van der Waals surface area (Å²) < 4.78 is 16.0. The number of rotatable bonds is 6. The fraction of sp³-hybridized carbons (Fsp3) is 0.286. The fourth-order valence-electron chi connectivity index (χ4n) is 2.96. The van der Waals surface area contributed by atoms with Gasteiger partial charge in [-0.25, -0.2) is 5.01 Å². The lowest BCUT2D eigenvalue weighted by Crippen LogP contribution is -2.47. The molecule has 0 bridgehead atoms. The smallest absolute Gasteiger partial charge is 0.258 e. The maximum atomic E-state index is 12.7. The lowest BCUT2D eigenvalue weighted by Gasteiger charge is -2.26. The molecule has 0 aromatic heterocycles. The molecule has 1 N–H and O–H groups in total. The molecule has 1 fully saturated rings. The Balaban J connectivity index is 1.95. The van der Waals surface area contributed by atoms with Crippen molar-refractivity contribution in [2.45, 2.75) is 0 Å². The summed E-state index contributed by atoms with van der Waals surface area (Å²) in [4.78, 5) is 12.7. The number of nitrogens with zero attached hydrogens (tertiary/aromatic N) is 1. The van der Waals surface area contributed by atoms with Gasteiger partial charge in [-0.1, -0.05) is 29.8 Å². The van der Waals surface area contributed by atoms with E-state index >= 15 is 0 Å². The molecule has 2 aromatic carbocycles. The Morgan fingerprint density at radius 3 is 2.32 bits per heavy atom. The van der Waals surface area contributed by atoms with Crippen molar-refractivity contribution >= 4 is 23.1 Å². The van der Waals surface area contributed by atoms with E-state index in [0.717, 1.165) is 16.7 Å². The summed E-state index contributed by atoms with van der Waals surface area (Å²) in [5.74, 6) is 1.01. The van der Waals surface area contributed by atoms with Gasteiger partial charge in [0, 0.05) is 24.2 Å². The van der Waals surface area contributed by atoms with Gasteiger partial charge in [-0.3, -0.25) is 10.2 Å². The SMILES string of the molecule is COc1ccc(C(=CC(=O)NN2CCOCC2)c2ccc(Cl)cc2)cc1OC. The molecule has 2 aromatic rings. The molecule has 1 amide bonds. The van der Waals surface area contributed by atoms with Crippen LogP contribution in [0.25, 0.3) is 5.57 Å². The zero-order valence-corrected chi connectivity index (χ0v) is 16.7. The highest BCUT2D eigenvalue weighted by Gasteiger charge is 2.15. The number of nitrogens with one attached hydrogen (secondary N) is 1. The highest BCUT2D eigenvalue weighted by atomic mass is 35.5. The number of amides is 1. The van der Waals surface area contributed by atoms with Gasteiger partial charge >= 0.3 is 0 Å². The summed E-state index contributed by atoms with van der Waals surface area (Å²) in [5.41, 5.74) is 5.36. The second-order valence-corrected chi connectivity index (χ2v) is 6.65. The molecule has 3 rings (SSSR count). The lowest BCUT2D eigenvalue weighted by molar-refractivity contribution is -0.123. The molecule has 0 saturated carbocycles. The quantitative estimate of drug-likeness (QED) is 0.752. The second kappa shape index (κ2) is 9.59. The number of hydrogen-bond donors (Lipinski definition) is 1. The topological polar surface area (TPSA) is 60.0 Å². The Bertz CT molecular complexity index is 846. The number of hydrogen-bond acceptors (Lipinski definition) is 5. The van der Waals surface area contributed by atoms with E-state index in [1.54, 1.807) is 32.4 Å². The highest BCUT2D eigenvalue weighted by molar-refractivity contribution is 6.30. The largest absolute Gasteiger partial charge is 0.493 e. The monoisotopic (exact) mass is 402 g/mol. The maximum Gasteiger partial charge on any atom is 0.258 e. The first kappa shape index (κ1) is 20.2. The molecule has 1 heterocycles. The summed E-state index contributed by atoms with van der Waals surface area (Å²) in [6.45, 7) is 2.52. The second-order valence-electron chi connectivity index (χ2n) is 6.21. The van der Waals surface area contributed by atoms with Crippen molar-refractivity contribution in [1.29, 1.82) is 0 Å². The van der Waals surface area contributed by atoms with Crippen molar-refractivity contribution in [2.75, 3.05) is 40.5 Å². The highest BCUT2D eigenvalue weighted by Crippen LogP contribution is 2.33. The molecule has 6 nitrogen and oxygen atoms in total. The number of carbonyl (C=O) groups excluding carboxylic acids is 1. The van der Waals surface area contributed by atoms with Crippen molar-refractivity contribution < 1.29 is 19.0 Å². The summed E-state index contributed by atoms with van der Waals surface area (Å²) in [5, 5.41) is 2.49. The van der Waals surface area contributed by atoms with E-state index in [-0.39, 0.29) is 5.91 Å². The zero-order chi connectivity index (χ0) is 19.9. The van der Waals surface area contributed by atoms with Gasteiger partial charge in [0.25, 0.3) is 5.91 Å². The molecule has 0 atom stereocenters. The number of benzene rings is 2. The average molecular weight is 403 g/mol. The van der Waals surface area contributed by atoms with Crippen LogP contribution in [0, 0.1) is 0 Å². The maximum absolute atomic E-state index is 12.7. The van der Waals surface area contributed by atoms with Crippen LogP contribution in [0.1, 0.15) is 11.1 Å². The molecule has 0 aliphatic carbocycles. The normalized spacial score (nSPS) is 15.2. The van der Waals surface area contributed by atoms with Crippen LogP contribution < -0.4 is 14.9 Å². The van der Waals surface area contributed by atoms with E-state index in [2.05, 4.69) is 5.43 Å². The number of morpholine rings is 1. The van der Waals surface area contributed by atoms with Crippen LogP contribution in [-0.4, -0.2) is 51.4 Å². The van der Waals surface area contributed by atoms with Gasteiger partial charge in [0.1, 0.15) is 0 Å². The summed E-state index contributed by atoms with van der Waals surface area (Å²) in [6.07, 6.45) is 1.58. The standard InChI is InChI=1S/C21H23ClN2O4/c1-26-19-8-5-16(13-20(19)27-2)18(15-3-6-17(22)7-4-15)14-21(25)23-24-9-11-28-12-10-24/h3-8,13-14H,9-12H2,1-2H3,(H,23,25). The first-order chi connectivity index (χ1) is 13.6. The molecule has 148 valence electrons. The third-order valence-electron chi connectivity index (χ3n) is 4.40. The van der Waals surface area contributed by atoms with Crippen molar-refractivity contribution in [1.82, 2.24) is 10.4 Å². The number of ether oxygens (including phenoxy) is 3. The van der Waals surface area contributed by atoms with Crippen LogP contribution in [0.4, 0.5) is 0 Å². The lowest BCUT2D eigenvalue weighted by atomic mass is 9.97. The van der Waals surface area contributed by atoms with Crippen LogP contribution in [0.3, 0.4) is 0 Å². The number of carbonyl (C=O) groups is 1. The van der Waals surface area contributed by atoms with Crippen molar-refractivity contribution in [3.8, 4) is 11.5 Å². The predicted molar refractivity (Wildman–Crippen MR) is 109 cm³/mol. The Morgan fingerprint density at radius 2 is 1.68 bits per heavy atom. The first-order valence-corrected chi connectivity index (χ1v) is 9.32. The molecular formula is C21H23ClN2O4. The third-order valence-corrected chi connectivity index (χ3v) is 4.66. The van der Waals surface area contributed by atoms with Gasteiger partial charge in [-0.2, -0.15) is 0 Å². The molecule has 0 radical (unpaired) electrons. The summed E-state index contributed by atoms with van der Waals surface area (Å²) >= 11 is 6.03. The molecule has 0 unspecified atom stereocenters. The van der Waals surface area contributed by atoms with E-state index in [9.17, 15) is 4.79 Å². The van der Waals surface area contributed by atoms with Crippen LogP contribution in [0.15, 0.2) is 48.5 Å². The Hall–Kier alpha value is -2.54. The Kier molecular flexibility index (Phi) is 6.92. The summed E-state index contributed by atoms with van der Waals surface area (Å²) in [7, 11) is 3.17. The zero-order valence-electron chi connectivity index (χ0n) is 15.9. The van der Waals surface area contributed by atoms with E-state index in [0.29, 0.717) is 42.8 Å².